The van der Waals surface area contributed by atoms with Gasteiger partial charge >= 0.3 is 0 Å². The largest absolute Gasteiger partial charge is 0.302 e. The Morgan fingerprint density at radius 3 is 2.39 bits per heavy atom. The summed E-state index contributed by atoms with van der Waals surface area (Å²) in [6.07, 6.45) is 0. The van der Waals surface area contributed by atoms with Crippen molar-refractivity contribution in [3.63, 3.8) is 0 Å². The van der Waals surface area contributed by atoms with E-state index in [0.29, 0.717) is 5.02 Å². The lowest BCUT2D eigenvalue weighted by Crippen LogP contribution is -2.44. The van der Waals surface area contributed by atoms with E-state index in [1.165, 1.54) is 6.92 Å². The Hall–Kier alpha value is -1.59. The molecule has 0 saturated carbocycles. The summed E-state index contributed by atoms with van der Waals surface area (Å²) in [6.45, 7) is 3.38. The Bertz CT molecular complexity index is 420. The van der Waals surface area contributed by atoms with Gasteiger partial charge in [0.2, 0.25) is 5.91 Å². The second-order valence-corrected chi connectivity index (χ2v) is 4.32. The maximum absolute atomic E-state index is 11.3. The highest BCUT2D eigenvalue weighted by molar-refractivity contribution is 6.30. The fourth-order valence-corrected chi connectivity index (χ4v) is 1.44. The SMILES string of the molecule is CC(=O)NNC(=O)CN[C@H](C)c1ccc(Cl)cc1. The first kappa shape index (κ1) is 14.5. The average molecular weight is 270 g/mol. The van der Waals surface area contributed by atoms with Gasteiger partial charge in [-0.05, 0) is 24.6 Å². The monoisotopic (exact) mass is 269 g/mol. The Morgan fingerprint density at radius 1 is 1.22 bits per heavy atom. The summed E-state index contributed by atoms with van der Waals surface area (Å²) in [5.41, 5.74) is 5.53. The van der Waals surface area contributed by atoms with Crippen LogP contribution in [0.4, 0.5) is 0 Å². The van der Waals surface area contributed by atoms with E-state index in [0.717, 1.165) is 5.56 Å². The molecule has 0 aliphatic carbocycles. The Labute approximate surface area is 111 Å². The quantitative estimate of drug-likeness (QED) is 0.719. The third kappa shape index (κ3) is 5.16. The molecular weight excluding hydrogens is 254 g/mol. The summed E-state index contributed by atoms with van der Waals surface area (Å²) in [5.74, 6) is -0.611. The van der Waals surface area contributed by atoms with Crippen LogP contribution >= 0.6 is 11.6 Å². The van der Waals surface area contributed by atoms with Crippen LogP contribution in [-0.4, -0.2) is 18.4 Å². The first-order valence-corrected chi connectivity index (χ1v) is 5.91. The molecule has 0 aromatic heterocycles. The molecule has 1 aromatic rings. The smallest absolute Gasteiger partial charge is 0.252 e. The summed E-state index contributed by atoms with van der Waals surface area (Å²) in [6, 6.07) is 7.40. The van der Waals surface area contributed by atoms with Crippen LogP contribution in [0.2, 0.25) is 5.02 Å². The lowest BCUT2D eigenvalue weighted by molar-refractivity contribution is -0.127. The van der Waals surface area contributed by atoms with Crippen molar-refractivity contribution < 1.29 is 9.59 Å². The minimum absolute atomic E-state index is 0.0188. The van der Waals surface area contributed by atoms with E-state index in [9.17, 15) is 9.59 Å². The molecule has 1 rings (SSSR count). The zero-order chi connectivity index (χ0) is 13.5. The fraction of sp³-hybridized carbons (Fsp3) is 0.333. The van der Waals surface area contributed by atoms with Crippen LogP contribution < -0.4 is 16.2 Å². The van der Waals surface area contributed by atoms with Crippen LogP contribution in [0.3, 0.4) is 0 Å². The van der Waals surface area contributed by atoms with Crippen molar-refractivity contribution in [1.29, 1.82) is 0 Å². The third-order valence-corrected chi connectivity index (χ3v) is 2.57. The lowest BCUT2D eigenvalue weighted by atomic mass is 10.1. The summed E-state index contributed by atoms with van der Waals surface area (Å²) in [7, 11) is 0. The first-order valence-electron chi connectivity index (χ1n) is 5.53. The Kier molecular flexibility index (Phi) is 5.61. The number of hydrogen-bond donors (Lipinski definition) is 3. The molecule has 0 unspecified atom stereocenters. The molecule has 18 heavy (non-hydrogen) atoms. The zero-order valence-corrected chi connectivity index (χ0v) is 11.0. The molecule has 6 heteroatoms. The van der Waals surface area contributed by atoms with Crippen molar-refractivity contribution in [3.8, 4) is 0 Å². The summed E-state index contributed by atoms with van der Waals surface area (Å²) in [5, 5.41) is 3.71. The standard InChI is InChI=1S/C12H16ClN3O2/c1-8(10-3-5-11(13)6-4-10)14-7-12(18)16-15-9(2)17/h3-6,8,14H,7H2,1-2H3,(H,15,17)(H,16,18)/t8-/m1/s1. The molecule has 0 spiro atoms. The van der Waals surface area contributed by atoms with Crippen LogP contribution in [0.15, 0.2) is 24.3 Å². The molecule has 0 saturated heterocycles. The van der Waals surface area contributed by atoms with E-state index >= 15 is 0 Å². The molecule has 0 fully saturated rings. The Morgan fingerprint density at radius 2 is 1.83 bits per heavy atom. The highest BCUT2D eigenvalue weighted by atomic mass is 35.5. The van der Waals surface area contributed by atoms with E-state index in [1.54, 1.807) is 12.1 Å². The van der Waals surface area contributed by atoms with Crippen molar-refractivity contribution >= 4 is 23.4 Å². The third-order valence-electron chi connectivity index (χ3n) is 2.32. The lowest BCUT2D eigenvalue weighted by Gasteiger charge is -2.14. The van der Waals surface area contributed by atoms with Gasteiger partial charge in [-0.2, -0.15) is 0 Å². The van der Waals surface area contributed by atoms with Crippen molar-refractivity contribution in [1.82, 2.24) is 16.2 Å². The molecule has 2 amide bonds. The first-order chi connectivity index (χ1) is 8.49. The minimum Gasteiger partial charge on any atom is -0.302 e. The second kappa shape index (κ2) is 6.98. The van der Waals surface area contributed by atoms with Crippen LogP contribution in [0.1, 0.15) is 25.5 Å². The summed E-state index contributed by atoms with van der Waals surface area (Å²) >= 11 is 5.79. The van der Waals surface area contributed by atoms with Gasteiger partial charge in [-0.25, -0.2) is 0 Å². The van der Waals surface area contributed by atoms with Crippen LogP contribution in [-0.2, 0) is 9.59 Å². The molecule has 0 aliphatic rings. The molecular formula is C12H16ClN3O2. The van der Waals surface area contributed by atoms with Crippen molar-refractivity contribution in [2.75, 3.05) is 6.54 Å². The van der Waals surface area contributed by atoms with Crippen molar-refractivity contribution in [2.24, 2.45) is 0 Å². The molecule has 0 radical (unpaired) electrons. The highest BCUT2D eigenvalue weighted by Crippen LogP contribution is 2.15. The van der Waals surface area contributed by atoms with E-state index in [1.807, 2.05) is 19.1 Å². The zero-order valence-electron chi connectivity index (χ0n) is 10.3. The van der Waals surface area contributed by atoms with Gasteiger partial charge in [0.25, 0.3) is 5.91 Å². The van der Waals surface area contributed by atoms with Gasteiger partial charge in [-0.3, -0.25) is 20.4 Å². The summed E-state index contributed by atoms with van der Waals surface area (Å²) in [4.78, 5) is 21.9. The molecule has 1 atom stereocenters. The normalized spacial score (nSPS) is 11.7. The van der Waals surface area contributed by atoms with Gasteiger partial charge in [0.1, 0.15) is 0 Å². The van der Waals surface area contributed by atoms with E-state index in [2.05, 4.69) is 16.2 Å². The fourth-order valence-electron chi connectivity index (χ4n) is 1.32. The van der Waals surface area contributed by atoms with E-state index < -0.39 is 0 Å². The molecule has 0 heterocycles. The van der Waals surface area contributed by atoms with Gasteiger partial charge in [0.05, 0.1) is 6.54 Å². The molecule has 0 bridgehead atoms. The molecule has 98 valence electrons. The number of carbonyl (C=O) groups is 2. The maximum Gasteiger partial charge on any atom is 0.252 e. The summed E-state index contributed by atoms with van der Waals surface area (Å²) < 4.78 is 0. The topological polar surface area (TPSA) is 70.2 Å². The molecule has 0 aliphatic heterocycles. The maximum atomic E-state index is 11.3. The molecule has 1 aromatic carbocycles. The number of amides is 2. The van der Waals surface area contributed by atoms with Gasteiger partial charge in [-0.15, -0.1) is 0 Å². The van der Waals surface area contributed by atoms with Crippen molar-refractivity contribution in [2.45, 2.75) is 19.9 Å². The minimum atomic E-state index is -0.311. The molecule has 5 nitrogen and oxygen atoms in total. The molecule has 3 N–H and O–H groups in total. The Balaban J connectivity index is 2.36. The number of hydrogen-bond acceptors (Lipinski definition) is 3. The van der Waals surface area contributed by atoms with E-state index in [-0.39, 0.29) is 24.4 Å². The number of benzene rings is 1. The van der Waals surface area contributed by atoms with Crippen LogP contribution in [0.25, 0.3) is 0 Å². The second-order valence-electron chi connectivity index (χ2n) is 3.88. The average Bonchev–Trinajstić information content (AvgIpc) is 2.34. The van der Waals surface area contributed by atoms with E-state index in [4.69, 9.17) is 11.6 Å². The van der Waals surface area contributed by atoms with Gasteiger partial charge in [-0.1, -0.05) is 23.7 Å². The number of hydrazine groups is 1. The predicted octanol–water partition coefficient (Wildman–Crippen LogP) is 1.16. The van der Waals surface area contributed by atoms with Gasteiger partial charge in [0, 0.05) is 18.0 Å². The number of rotatable bonds is 4. The van der Waals surface area contributed by atoms with Crippen LogP contribution in [0.5, 0.6) is 0 Å². The highest BCUT2D eigenvalue weighted by Gasteiger charge is 2.07. The predicted molar refractivity (Wildman–Crippen MR) is 69.8 cm³/mol. The van der Waals surface area contributed by atoms with Crippen molar-refractivity contribution in [3.05, 3.63) is 34.9 Å². The number of halogens is 1. The number of carbonyl (C=O) groups excluding carboxylic acids is 2. The van der Waals surface area contributed by atoms with Gasteiger partial charge < -0.3 is 5.32 Å². The number of nitrogens with one attached hydrogen (secondary N) is 3. The van der Waals surface area contributed by atoms with Gasteiger partial charge in [0.15, 0.2) is 0 Å². The van der Waals surface area contributed by atoms with Crippen LogP contribution in [0, 0.1) is 0 Å².